The van der Waals surface area contributed by atoms with Crippen LogP contribution in [0.2, 0.25) is 0 Å². The normalized spacial score (nSPS) is 25.0. The Kier molecular flexibility index (Phi) is 3.38. The maximum atomic E-state index is 11.4. The second-order valence-electron chi connectivity index (χ2n) is 3.37. The van der Waals surface area contributed by atoms with Gasteiger partial charge < -0.3 is 10.2 Å². The van der Waals surface area contributed by atoms with E-state index in [1.807, 2.05) is 0 Å². The quantitative estimate of drug-likeness (QED) is 0.601. The van der Waals surface area contributed by atoms with Crippen LogP contribution >= 0.6 is 0 Å². The van der Waals surface area contributed by atoms with Crippen molar-refractivity contribution in [3.63, 3.8) is 0 Å². The highest BCUT2D eigenvalue weighted by Crippen LogP contribution is 2.23. The van der Waals surface area contributed by atoms with E-state index in [4.69, 9.17) is 10.2 Å². The molecular weight excluding hydrogens is 258 g/mol. The van der Waals surface area contributed by atoms with E-state index in [9.17, 15) is 22.8 Å². The second kappa shape index (κ2) is 4.30. The van der Waals surface area contributed by atoms with Crippen LogP contribution in [0.3, 0.4) is 0 Å². The molecule has 10 heteroatoms. The van der Waals surface area contributed by atoms with Crippen molar-refractivity contribution >= 4 is 28.1 Å². The summed E-state index contributed by atoms with van der Waals surface area (Å²) in [5.74, 6) is -2.74. The third kappa shape index (κ3) is 2.91. The molecule has 0 aromatic rings. The fourth-order valence-electron chi connectivity index (χ4n) is 1.45. The van der Waals surface area contributed by atoms with Gasteiger partial charge in [-0.1, -0.05) is 0 Å². The number of carbonyl (C=O) groups is 3. The summed E-state index contributed by atoms with van der Waals surface area (Å²) in [5, 5.41) is 17.4. The van der Waals surface area contributed by atoms with Gasteiger partial charge in [-0.25, -0.2) is 14.5 Å². The molecule has 1 saturated heterocycles. The van der Waals surface area contributed by atoms with E-state index in [-0.39, 0.29) is 4.90 Å². The third-order valence-corrected chi connectivity index (χ3v) is 2.63. The minimum Gasteiger partial charge on any atom is -0.480 e. The van der Waals surface area contributed by atoms with Crippen LogP contribution < -0.4 is 0 Å². The number of nitrogens with zero attached hydrogens (tertiary/aromatic N) is 1. The molecule has 0 radical (unpaired) electrons. The molecule has 2 atom stereocenters. The Hall–Kier alpha value is -1.68. The third-order valence-electron chi connectivity index (χ3n) is 2.04. The predicted octanol–water partition coefficient (Wildman–Crippen LogP) is -1.31. The molecule has 0 aromatic heterocycles. The first-order chi connectivity index (χ1) is 7.63. The van der Waals surface area contributed by atoms with Crippen LogP contribution in [0.4, 0.5) is 4.79 Å². The van der Waals surface area contributed by atoms with Crippen molar-refractivity contribution in [1.29, 1.82) is 0 Å². The van der Waals surface area contributed by atoms with Crippen molar-refractivity contribution in [2.24, 2.45) is 0 Å². The lowest BCUT2D eigenvalue weighted by Gasteiger charge is -2.14. The summed E-state index contributed by atoms with van der Waals surface area (Å²) in [7, 11) is -3.97. The average molecular weight is 267 g/mol. The highest BCUT2D eigenvalue weighted by Gasteiger charge is 2.48. The lowest BCUT2D eigenvalue weighted by atomic mass is 10.2. The maximum Gasteiger partial charge on any atom is 0.414 e. The van der Waals surface area contributed by atoms with E-state index in [1.165, 1.54) is 0 Å². The molecule has 96 valence electrons. The number of likely N-dealkylation sites (tertiary alicyclic amines) is 1. The van der Waals surface area contributed by atoms with Crippen LogP contribution in [0.1, 0.15) is 6.42 Å². The van der Waals surface area contributed by atoms with E-state index < -0.39 is 46.7 Å². The van der Waals surface area contributed by atoms with Gasteiger partial charge in [-0.05, 0) is 0 Å². The molecule has 0 spiro atoms. The van der Waals surface area contributed by atoms with Crippen molar-refractivity contribution in [3.05, 3.63) is 0 Å². The van der Waals surface area contributed by atoms with Gasteiger partial charge in [-0.2, -0.15) is 8.42 Å². The van der Waals surface area contributed by atoms with Gasteiger partial charge in [-0.3, -0.25) is 8.98 Å². The molecule has 0 saturated carbocycles. The summed E-state index contributed by atoms with van der Waals surface area (Å²) >= 11 is 0. The summed E-state index contributed by atoms with van der Waals surface area (Å²) in [6.07, 6.45) is -3.23. The molecule has 2 unspecified atom stereocenters. The number of hydrogen-bond donors (Lipinski definition) is 2. The zero-order valence-corrected chi connectivity index (χ0v) is 9.38. The fraction of sp³-hybridized carbons (Fsp3) is 0.571. The van der Waals surface area contributed by atoms with Crippen molar-refractivity contribution in [1.82, 2.24) is 4.90 Å². The Labute approximate surface area is 95.7 Å². The van der Waals surface area contributed by atoms with Crippen molar-refractivity contribution in [2.75, 3.05) is 6.26 Å². The van der Waals surface area contributed by atoms with Crippen LogP contribution in [0.15, 0.2) is 0 Å². The highest BCUT2D eigenvalue weighted by molar-refractivity contribution is 7.86. The van der Waals surface area contributed by atoms with Crippen molar-refractivity contribution in [3.8, 4) is 0 Å². The first kappa shape index (κ1) is 13.4. The van der Waals surface area contributed by atoms with Gasteiger partial charge in [0.15, 0.2) is 6.10 Å². The molecule has 2 amide bonds. The van der Waals surface area contributed by atoms with Gasteiger partial charge in [0.05, 0.1) is 6.26 Å². The van der Waals surface area contributed by atoms with Gasteiger partial charge >= 0.3 is 12.1 Å². The molecule has 0 aromatic carbocycles. The molecule has 1 heterocycles. The molecule has 2 N–H and O–H groups in total. The van der Waals surface area contributed by atoms with Gasteiger partial charge in [0, 0.05) is 6.42 Å². The summed E-state index contributed by atoms with van der Waals surface area (Å²) in [6.45, 7) is 0. The predicted molar refractivity (Wildman–Crippen MR) is 50.6 cm³/mol. The Morgan fingerprint density at radius 2 is 1.94 bits per heavy atom. The van der Waals surface area contributed by atoms with Gasteiger partial charge in [0.1, 0.15) is 6.04 Å². The van der Waals surface area contributed by atoms with Gasteiger partial charge in [0.25, 0.3) is 16.0 Å². The largest absolute Gasteiger partial charge is 0.480 e. The SMILES string of the molecule is CS(=O)(=O)OC1CC(C(=O)O)N(C(=O)O)C1=O. The summed E-state index contributed by atoms with van der Waals surface area (Å²) in [6, 6.07) is -1.63. The standard InChI is InChI=1S/C7H9NO8S/c1-17(14,15)16-4-2-3(6(10)11)8(5(4)9)7(12)13/h3-4H,2H2,1H3,(H,10,11)(H,12,13). The van der Waals surface area contributed by atoms with E-state index in [0.717, 1.165) is 0 Å². The molecule has 9 nitrogen and oxygen atoms in total. The number of imide groups is 1. The molecule has 0 bridgehead atoms. The summed E-state index contributed by atoms with van der Waals surface area (Å²) < 4.78 is 25.9. The minimum atomic E-state index is -3.97. The topological polar surface area (TPSA) is 138 Å². The number of hydrogen-bond acceptors (Lipinski definition) is 6. The summed E-state index contributed by atoms with van der Waals surface area (Å²) in [5.41, 5.74) is 0. The Balaban J connectivity index is 2.98. The Bertz CT molecular complexity index is 468. The summed E-state index contributed by atoms with van der Waals surface area (Å²) in [4.78, 5) is 32.9. The highest BCUT2D eigenvalue weighted by atomic mass is 32.2. The number of rotatable bonds is 3. The van der Waals surface area contributed by atoms with Crippen molar-refractivity contribution < 1.29 is 37.2 Å². The molecule has 1 rings (SSSR count). The van der Waals surface area contributed by atoms with Gasteiger partial charge in [-0.15, -0.1) is 0 Å². The maximum absolute atomic E-state index is 11.4. The van der Waals surface area contributed by atoms with E-state index in [1.54, 1.807) is 0 Å². The van der Waals surface area contributed by atoms with Crippen LogP contribution in [-0.4, -0.2) is 59.9 Å². The number of amides is 2. The molecule has 1 aliphatic heterocycles. The van der Waals surface area contributed by atoms with E-state index >= 15 is 0 Å². The average Bonchev–Trinajstić information content (AvgIpc) is 2.41. The number of carbonyl (C=O) groups excluding carboxylic acids is 1. The van der Waals surface area contributed by atoms with Crippen LogP contribution in [-0.2, 0) is 23.9 Å². The number of carboxylic acids is 1. The van der Waals surface area contributed by atoms with Crippen LogP contribution in [0, 0.1) is 0 Å². The molecular formula is C7H9NO8S. The van der Waals surface area contributed by atoms with Crippen LogP contribution in [0.5, 0.6) is 0 Å². The first-order valence-electron chi connectivity index (χ1n) is 4.30. The molecule has 1 aliphatic rings. The first-order valence-corrected chi connectivity index (χ1v) is 6.12. The monoisotopic (exact) mass is 267 g/mol. The zero-order chi connectivity index (χ0) is 13.4. The van der Waals surface area contributed by atoms with Crippen LogP contribution in [0.25, 0.3) is 0 Å². The molecule has 0 aliphatic carbocycles. The minimum absolute atomic E-state index is 0.0537. The fourth-order valence-corrected chi connectivity index (χ4v) is 2.03. The van der Waals surface area contributed by atoms with E-state index in [0.29, 0.717) is 6.26 Å². The Morgan fingerprint density at radius 1 is 1.41 bits per heavy atom. The van der Waals surface area contributed by atoms with Crippen molar-refractivity contribution in [2.45, 2.75) is 18.6 Å². The molecule has 17 heavy (non-hydrogen) atoms. The second-order valence-corrected chi connectivity index (χ2v) is 4.97. The lowest BCUT2D eigenvalue weighted by Crippen LogP contribution is -2.43. The number of aliphatic carboxylic acids is 1. The Morgan fingerprint density at radius 3 is 2.24 bits per heavy atom. The van der Waals surface area contributed by atoms with E-state index in [2.05, 4.69) is 4.18 Å². The zero-order valence-electron chi connectivity index (χ0n) is 8.56. The van der Waals surface area contributed by atoms with Gasteiger partial charge in [0.2, 0.25) is 0 Å². The smallest absolute Gasteiger partial charge is 0.414 e. The number of carboxylic acid groups (broad SMARTS) is 2. The lowest BCUT2D eigenvalue weighted by molar-refractivity contribution is -0.145. The molecule has 1 fully saturated rings.